The van der Waals surface area contributed by atoms with Crippen molar-refractivity contribution >= 4 is 12.3 Å². The predicted octanol–water partition coefficient (Wildman–Crippen LogP) is 3.23. The molecular weight excluding hydrogens is 284 g/mol. The van der Waals surface area contributed by atoms with E-state index >= 15 is 0 Å². The number of esters is 1. The van der Waals surface area contributed by atoms with E-state index in [1.54, 1.807) is 55.5 Å². The number of carbonyl (C=O) groups excluding carboxylic acids is 2. The van der Waals surface area contributed by atoms with Crippen LogP contribution in [0.1, 0.15) is 17.3 Å². The van der Waals surface area contributed by atoms with E-state index in [1.807, 2.05) is 0 Å². The van der Waals surface area contributed by atoms with Crippen LogP contribution in [0.4, 0.5) is 0 Å². The third-order valence-corrected chi connectivity index (χ3v) is 2.72. The molecule has 0 bridgehead atoms. The van der Waals surface area contributed by atoms with Crippen LogP contribution in [-0.4, -0.2) is 25.5 Å². The third kappa shape index (κ3) is 4.34. The van der Waals surface area contributed by atoms with Crippen molar-refractivity contribution in [3.8, 4) is 17.2 Å². The first-order valence-electron chi connectivity index (χ1n) is 6.83. The van der Waals surface area contributed by atoms with E-state index in [0.29, 0.717) is 29.4 Å². The van der Waals surface area contributed by atoms with E-state index in [1.165, 1.54) is 0 Å². The average molecular weight is 300 g/mol. The zero-order valence-corrected chi connectivity index (χ0v) is 12.2. The molecule has 22 heavy (non-hydrogen) atoms. The summed E-state index contributed by atoms with van der Waals surface area (Å²) >= 11 is 0. The van der Waals surface area contributed by atoms with Gasteiger partial charge in [0.2, 0.25) is 0 Å². The molecule has 2 aromatic carbocycles. The molecule has 0 saturated heterocycles. The predicted molar refractivity (Wildman–Crippen MR) is 80.5 cm³/mol. The van der Waals surface area contributed by atoms with Gasteiger partial charge in [0.25, 0.3) is 0 Å². The monoisotopic (exact) mass is 300 g/mol. The Kier molecular flexibility index (Phi) is 5.54. The smallest absolute Gasteiger partial charge is 0.344 e. The Bertz CT molecular complexity index is 651. The third-order valence-electron chi connectivity index (χ3n) is 2.72. The van der Waals surface area contributed by atoms with Crippen LogP contribution in [0.2, 0.25) is 0 Å². The van der Waals surface area contributed by atoms with Crippen molar-refractivity contribution in [3.05, 3.63) is 54.1 Å². The fraction of sp³-hybridized carbons (Fsp3) is 0.176. The second-order valence-electron chi connectivity index (χ2n) is 4.33. The molecule has 0 amide bonds. The van der Waals surface area contributed by atoms with Crippen molar-refractivity contribution in [3.63, 3.8) is 0 Å². The van der Waals surface area contributed by atoms with Crippen LogP contribution < -0.4 is 9.47 Å². The molecule has 0 aliphatic heterocycles. The van der Waals surface area contributed by atoms with E-state index in [0.717, 1.165) is 6.29 Å². The average Bonchev–Trinajstić information content (AvgIpc) is 2.54. The van der Waals surface area contributed by atoms with Crippen molar-refractivity contribution in [1.29, 1.82) is 0 Å². The van der Waals surface area contributed by atoms with E-state index in [9.17, 15) is 9.59 Å². The Morgan fingerprint density at radius 1 is 1.09 bits per heavy atom. The first kappa shape index (κ1) is 15.6. The van der Waals surface area contributed by atoms with Crippen LogP contribution in [-0.2, 0) is 9.53 Å². The zero-order chi connectivity index (χ0) is 15.8. The number of hydrogen-bond donors (Lipinski definition) is 0. The molecular formula is C17H16O5. The fourth-order valence-electron chi connectivity index (χ4n) is 1.77. The molecule has 0 aliphatic carbocycles. The molecule has 0 aromatic heterocycles. The molecule has 0 unspecified atom stereocenters. The summed E-state index contributed by atoms with van der Waals surface area (Å²) < 4.78 is 15.9. The highest BCUT2D eigenvalue weighted by Crippen LogP contribution is 2.31. The first-order chi connectivity index (χ1) is 10.7. The highest BCUT2D eigenvalue weighted by atomic mass is 16.6. The molecule has 2 aromatic rings. The van der Waals surface area contributed by atoms with Gasteiger partial charge in [-0.25, -0.2) is 4.79 Å². The Balaban J connectivity index is 2.10. The number of carbonyl (C=O) groups is 2. The first-order valence-corrected chi connectivity index (χ1v) is 6.83. The molecule has 5 nitrogen and oxygen atoms in total. The van der Waals surface area contributed by atoms with Gasteiger partial charge < -0.3 is 14.2 Å². The standard InChI is InChI=1S/C17H16O5/c1-2-20-17(19)12-21-15-8-3-4-9-16(15)22-14-7-5-6-13(10-14)11-18/h3-11H,2,12H2,1H3. The molecule has 0 N–H and O–H groups in total. The van der Waals surface area contributed by atoms with E-state index < -0.39 is 5.97 Å². The second-order valence-corrected chi connectivity index (χ2v) is 4.33. The number of rotatable bonds is 7. The summed E-state index contributed by atoms with van der Waals surface area (Å²) in [4.78, 5) is 22.1. The number of aldehydes is 1. The van der Waals surface area contributed by atoms with Gasteiger partial charge >= 0.3 is 5.97 Å². The van der Waals surface area contributed by atoms with Gasteiger partial charge in [0.15, 0.2) is 18.1 Å². The molecule has 114 valence electrons. The Hall–Kier alpha value is -2.82. The van der Waals surface area contributed by atoms with Gasteiger partial charge in [-0.1, -0.05) is 24.3 Å². The topological polar surface area (TPSA) is 61.8 Å². The normalized spacial score (nSPS) is 9.86. The van der Waals surface area contributed by atoms with Crippen molar-refractivity contribution in [2.75, 3.05) is 13.2 Å². The summed E-state index contributed by atoms with van der Waals surface area (Å²) in [7, 11) is 0. The largest absolute Gasteiger partial charge is 0.478 e. The fourth-order valence-corrected chi connectivity index (χ4v) is 1.77. The minimum absolute atomic E-state index is 0.192. The number of hydrogen-bond acceptors (Lipinski definition) is 5. The van der Waals surface area contributed by atoms with E-state index in [4.69, 9.17) is 14.2 Å². The second kappa shape index (κ2) is 7.83. The highest BCUT2D eigenvalue weighted by molar-refractivity contribution is 5.75. The van der Waals surface area contributed by atoms with Crippen LogP contribution in [0.15, 0.2) is 48.5 Å². The maximum atomic E-state index is 11.3. The minimum Gasteiger partial charge on any atom is -0.478 e. The molecule has 5 heteroatoms. The molecule has 0 atom stereocenters. The Morgan fingerprint density at radius 2 is 1.86 bits per heavy atom. The van der Waals surface area contributed by atoms with Gasteiger partial charge in [0.1, 0.15) is 12.0 Å². The van der Waals surface area contributed by atoms with Gasteiger partial charge in [-0.05, 0) is 31.2 Å². The lowest BCUT2D eigenvalue weighted by Gasteiger charge is -2.12. The van der Waals surface area contributed by atoms with Gasteiger partial charge in [0.05, 0.1) is 6.61 Å². The SMILES string of the molecule is CCOC(=O)COc1ccccc1Oc1cccc(C=O)c1. The van der Waals surface area contributed by atoms with Crippen LogP contribution in [0.3, 0.4) is 0 Å². The summed E-state index contributed by atoms with van der Waals surface area (Å²) in [6.45, 7) is 1.84. The van der Waals surface area contributed by atoms with Gasteiger partial charge in [-0.2, -0.15) is 0 Å². The zero-order valence-electron chi connectivity index (χ0n) is 12.2. The van der Waals surface area contributed by atoms with Crippen LogP contribution in [0.25, 0.3) is 0 Å². The molecule has 0 fully saturated rings. The van der Waals surface area contributed by atoms with E-state index in [-0.39, 0.29) is 6.61 Å². The molecule has 0 aliphatic rings. The maximum Gasteiger partial charge on any atom is 0.344 e. The van der Waals surface area contributed by atoms with Crippen molar-refractivity contribution in [1.82, 2.24) is 0 Å². The number of para-hydroxylation sites is 2. The summed E-state index contributed by atoms with van der Waals surface area (Å²) in [6.07, 6.45) is 0.746. The van der Waals surface area contributed by atoms with Crippen molar-refractivity contribution < 1.29 is 23.8 Å². The molecule has 0 radical (unpaired) electrons. The number of benzene rings is 2. The minimum atomic E-state index is -0.444. The Morgan fingerprint density at radius 3 is 2.59 bits per heavy atom. The highest BCUT2D eigenvalue weighted by Gasteiger charge is 2.09. The van der Waals surface area contributed by atoms with Crippen molar-refractivity contribution in [2.24, 2.45) is 0 Å². The summed E-state index contributed by atoms with van der Waals surface area (Å²) in [5, 5.41) is 0. The van der Waals surface area contributed by atoms with Gasteiger partial charge in [0, 0.05) is 5.56 Å². The molecule has 0 heterocycles. The van der Waals surface area contributed by atoms with Gasteiger partial charge in [-0.3, -0.25) is 4.79 Å². The molecule has 0 saturated carbocycles. The van der Waals surface area contributed by atoms with Crippen LogP contribution >= 0.6 is 0 Å². The quantitative estimate of drug-likeness (QED) is 0.580. The maximum absolute atomic E-state index is 11.3. The molecule has 0 spiro atoms. The summed E-state index contributed by atoms with van der Waals surface area (Å²) in [6, 6.07) is 13.7. The molecule has 2 rings (SSSR count). The van der Waals surface area contributed by atoms with Crippen LogP contribution in [0.5, 0.6) is 17.2 Å². The summed E-state index contributed by atoms with van der Waals surface area (Å²) in [5.41, 5.74) is 0.516. The Labute approximate surface area is 128 Å². The lowest BCUT2D eigenvalue weighted by Crippen LogP contribution is -2.14. The lowest BCUT2D eigenvalue weighted by molar-refractivity contribution is -0.145. The van der Waals surface area contributed by atoms with Gasteiger partial charge in [-0.15, -0.1) is 0 Å². The number of ether oxygens (including phenoxy) is 3. The van der Waals surface area contributed by atoms with Crippen molar-refractivity contribution in [2.45, 2.75) is 6.92 Å². The summed E-state index contributed by atoms with van der Waals surface area (Å²) in [5.74, 6) is 0.943. The van der Waals surface area contributed by atoms with Crippen LogP contribution in [0, 0.1) is 0 Å². The lowest BCUT2D eigenvalue weighted by atomic mass is 10.2. The van der Waals surface area contributed by atoms with E-state index in [2.05, 4.69) is 0 Å².